The molecule has 0 aliphatic carbocycles. The zero-order valence-corrected chi connectivity index (χ0v) is 25.7. The van der Waals surface area contributed by atoms with Gasteiger partial charge >= 0.3 is 0 Å². The molecule has 0 radical (unpaired) electrons. The van der Waals surface area contributed by atoms with Crippen LogP contribution in [-0.4, -0.2) is 9.97 Å². The summed E-state index contributed by atoms with van der Waals surface area (Å²) < 4.78 is 12.8. The summed E-state index contributed by atoms with van der Waals surface area (Å²) in [4.78, 5) is 10.6. The lowest BCUT2D eigenvalue weighted by atomic mass is 9.92. The maximum atomic E-state index is 6.51. The van der Waals surface area contributed by atoms with Crippen LogP contribution in [0.5, 0.6) is 0 Å². The molecule has 0 saturated heterocycles. The van der Waals surface area contributed by atoms with Gasteiger partial charge in [0.2, 0.25) is 0 Å². The highest BCUT2D eigenvalue weighted by atomic mass is 16.3. The quantitative estimate of drug-likeness (QED) is 0.198. The SMILES string of the molecule is c1ccc(-c2cccc3ccccc23)c(-c2cc(-c3cccc4c3oc3ccccc34)nc(-c3cccc4oc5ccccc5c34)n2)c1. The van der Waals surface area contributed by atoms with Crippen molar-refractivity contribution in [3.05, 3.63) is 158 Å². The highest BCUT2D eigenvalue weighted by Crippen LogP contribution is 2.41. The minimum Gasteiger partial charge on any atom is -0.456 e. The van der Waals surface area contributed by atoms with Crippen LogP contribution in [0.3, 0.4) is 0 Å². The molecule has 224 valence electrons. The number of nitrogens with zero attached hydrogens (tertiary/aromatic N) is 2. The Morgan fingerprint density at radius 3 is 1.77 bits per heavy atom. The van der Waals surface area contributed by atoms with E-state index in [4.69, 9.17) is 18.8 Å². The molecule has 4 nitrogen and oxygen atoms in total. The maximum Gasteiger partial charge on any atom is 0.161 e. The van der Waals surface area contributed by atoms with E-state index in [-0.39, 0.29) is 0 Å². The van der Waals surface area contributed by atoms with Crippen molar-refractivity contribution in [1.82, 2.24) is 9.97 Å². The fraction of sp³-hybridized carbons (Fsp3) is 0. The lowest BCUT2D eigenvalue weighted by Crippen LogP contribution is -1.98. The molecular weight excluding hydrogens is 588 g/mol. The zero-order valence-electron chi connectivity index (χ0n) is 25.7. The summed E-state index contributed by atoms with van der Waals surface area (Å²) >= 11 is 0. The highest BCUT2D eigenvalue weighted by molar-refractivity contribution is 6.12. The van der Waals surface area contributed by atoms with Crippen LogP contribution in [0.4, 0.5) is 0 Å². The van der Waals surface area contributed by atoms with Crippen molar-refractivity contribution in [3.8, 4) is 45.0 Å². The van der Waals surface area contributed by atoms with Gasteiger partial charge in [0.15, 0.2) is 5.82 Å². The van der Waals surface area contributed by atoms with Gasteiger partial charge in [-0.1, -0.05) is 127 Å². The average Bonchev–Trinajstić information content (AvgIpc) is 3.73. The van der Waals surface area contributed by atoms with E-state index >= 15 is 0 Å². The van der Waals surface area contributed by atoms with Crippen LogP contribution < -0.4 is 0 Å². The third-order valence-corrected chi connectivity index (χ3v) is 9.33. The molecule has 4 heteroatoms. The number of fused-ring (bicyclic) bond motifs is 7. The Bertz CT molecular complexity index is 2850. The molecule has 0 spiro atoms. The second kappa shape index (κ2) is 10.5. The van der Waals surface area contributed by atoms with Crippen molar-refractivity contribution in [2.24, 2.45) is 0 Å². The van der Waals surface area contributed by atoms with Gasteiger partial charge in [-0.25, -0.2) is 9.97 Å². The molecule has 3 aromatic heterocycles. The smallest absolute Gasteiger partial charge is 0.161 e. The summed E-state index contributed by atoms with van der Waals surface area (Å²) in [6, 6.07) is 54.3. The first-order valence-electron chi connectivity index (χ1n) is 16.1. The van der Waals surface area contributed by atoms with E-state index < -0.39 is 0 Å². The van der Waals surface area contributed by atoms with Gasteiger partial charge < -0.3 is 8.83 Å². The molecular formula is C44H26N2O2. The van der Waals surface area contributed by atoms with E-state index in [1.54, 1.807) is 0 Å². The monoisotopic (exact) mass is 614 g/mol. The summed E-state index contributed by atoms with van der Waals surface area (Å²) in [7, 11) is 0. The number of rotatable bonds is 4. The number of para-hydroxylation sites is 3. The van der Waals surface area contributed by atoms with Gasteiger partial charge in [0.05, 0.1) is 11.4 Å². The third-order valence-electron chi connectivity index (χ3n) is 9.33. The van der Waals surface area contributed by atoms with Gasteiger partial charge in [0, 0.05) is 38.2 Å². The van der Waals surface area contributed by atoms with Crippen LogP contribution >= 0.6 is 0 Å². The summed E-state index contributed by atoms with van der Waals surface area (Å²) in [5.74, 6) is 0.625. The molecule has 0 fully saturated rings. The Kier molecular flexibility index (Phi) is 5.84. The van der Waals surface area contributed by atoms with E-state index in [1.165, 1.54) is 10.8 Å². The lowest BCUT2D eigenvalue weighted by Gasteiger charge is -2.15. The normalized spacial score (nSPS) is 11.8. The Labute approximate surface area is 275 Å². The Morgan fingerprint density at radius 1 is 0.354 bits per heavy atom. The predicted octanol–water partition coefficient (Wildman–Crippen LogP) is 12.1. The van der Waals surface area contributed by atoms with Crippen molar-refractivity contribution in [3.63, 3.8) is 0 Å². The van der Waals surface area contributed by atoms with Gasteiger partial charge in [-0.3, -0.25) is 0 Å². The van der Waals surface area contributed by atoms with Crippen molar-refractivity contribution in [2.45, 2.75) is 0 Å². The fourth-order valence-electron chi connectivity index (χ4n) is 7.16. The summed E-state index contributed by atoms with van der Waals surface area (Å²) in [6.07, 6.45) is 0. The molecule has 0 aliphatic heterocycles. The Balaban J connectivity index is 1.28. The first-order valence-corrected chi connectivity index (χ1v) is 16.1. The number of aromatic nitrogens is 2. The van der Waals surface area contributed by atoms with E-state index in [1.807, 2.05) is 48.5 Å². The molecule has 10 rings (SSSR count). The van der Waals surface area contributed by atoms with Gasteiger partial charge in [0.1, 0.15) is 22.3 Å². The zero-order chi connectivity index (χ0) is 31.6. The van der Waals surface area contributed by atoms with E-state index in [0.29, 0.717) is 5.82 Å². The Hall–Kier alpha value is -6.52. The van der Waals surface area contributed by atoms with Gasteiger partial charge in [-0.2, -0.15) is 0 Å². The molecule has 0 saturated carbocycles. The number of benzene rings is 7. The number of furan rings is 2. The van der Waals surface area contributed by atoms with Crippen molar-refractivity contribution in [1.29, 1.82) is 0 Å². The van der Waals surface area contributed by atoms with Crippen molar-refractivity contribution in [2.75, 3.05) is 0 Å². The van der Waals surface area contributed by atoms with Crippen LogP contribution in [-0.2, 0) is 0 Å². The highest BCUT2D eigenvalue weighted by Gasteiger charge is 2.20. The Morgan fingerprint density at radius 2 is 0.896 bits per heavy atom. The topological polar surface area (TPSA) is 52.1 Å². The molecule has 0 bridgehead atoms. The second-order valence-electron chi connectivity index (χ2n) is 12.1. The first-order chi connectivity index (χ1) is 23.8. The number of hydrogen-bond donors (Lipinski definition) is 0. The standard InChI is InChI=1S/C44H26N2O2/c1-2-14-28-27(12-1)13-9-19-29(28)30-15-3-4-16-31(30)37-26-38(34-21-10-20-33-32-17-5-7-23-39(32)48-43(33)34)46-44(45-37)36-22-11-25-41-42(36)35-18-6-8-24-40(35)47-41/h1-26H. The van der Waals surface area contributed by atoms with Crippen LogP contribution in [0, 0.1) is 0 Å². The average molecular weight is 615 g/mol. The van der Waals surface area contributed by atoms with E-state index in [2.05, 4.69) is 109 Å². The summed E-state index contributed by atoms with van der Waals surface area (Å²) in [5.41, 5.74) is 10.1. The lowest BCUT2D eigenvalue weighted by molar-refractivity contribution is 0.668. The molecule has 3 heterocycles. The van der Waals surface area contributed by atoms with Crippen LogP contribution in [0.15, 0.2) is 167 Å². The van der Waals surface area contributed by atoms with Crippen molar-refractivity contribution < 1.29 is 8.83 Å². The second-order valence-corrected chi connectivity index (χ2v) is 12.1. The van der Waals surface area contributed by atoms with Gasteiger partial charge in [-0.05, 0) is 52.2 Å². The molecule has 7 aromatic carbocycles. The number of hydrogen-bond acceptors (Lipinski definition) is 4. The minimum absolute atomic E-state index is 0.625. The van der Waals surface area contributed by atoms with Crippen LogP contribution in [0.25, 0.3) is 99.7 Å². The van der Waals surface area contributed by atoms with Crippen LogP contribution in [0.1, 0.15) is 0 Å². The largest absolute Gasteiger partial charge is 0.456 e. The third kappa shape index (κ3) is 4.10. The first kappa shape index (κ1) is 26.7. The molecule has 0 aliphatic rings. The van der Waals surface area contributed by atoms with E-state index in [0.717, 1.165) is 83.1 Å². The summed E-state index contributed by atoms with van der Waals surface area (Å²) in [5, 5.41) is 6.57. The van der Waals surface area contributed by atoms with Gasteiger partial charge in [-0.15, -0.1) is 0 Å². The van der Waals surface area contributed by atoms with Crippen molar-refractivity contribution >= 4 is 54.6 Å². The molecule has 0 atom stereocenters. The minimum atomic E-state index is 0.625. The molecule has 0 N–H and O–H groups in total. The van der Waals surface area contributed by atoms with Gasteiger partial charge in [0.25, 0.3) is 0 Å². The predicted molar refractivity (Wildman–Crippen MR) is 196 cm³/mol. The molecule has 0 amide bonds. The van der Waals surface area contributed by atoms with E-state index in [9.17, 15) is 0 Å². The molecule has 0 unspecified atom stereocenters. The fourth-order valence-corrected chi connectivity index (χ4v) is 7.16. The maximum absolute atomic E-state index is 6.51. The van der Waals surface area contributed by atoms with Crippen LogP contribution in [0.2, 0.25) is 0 Å². The summed E-state index contributed by atoms with van der Waals surface area (Å²) in [6.45, 7) is 0. The molecule has 48 heavy (non-hydrogen) atoms. The molecule has 10 aromatic rings.